The number of amides is 1. The van der Waals surface area contributed by atoms with E-state index >= 15 is 0 Å². The fourth-order valence-electron chi connectivity index (χ4n) is 2.51. The van der Waals surface area contributed by atoms with Crippen molar-refractivity contribution in [3.8, 4) is 5.75 Å². The average molecular weight is 357 g/mol. The van der Waals surface area contributed by atoms with Crippen molar-refractivity contribution in [1.82, 2.24) is 10.6 Å². The summed E-state index contributed by atoms with van der Waals surface area (Å²) in [5.74, 6) is 0.791. The minimum atomic E-state index is -0.400. The molecule has 0 aromatic heterocycles. The van der Waals surface area contributed by atoms with Crippen molar-refractivity contribution in [3.05, 3.63) is 29.3 Å². The van der Waals surface area contributed by atoms with Gasteiger partial charge in [-0.05, 0) is 25.0 Å². The van der Waals surface area contributed by atoms with Crippen molar-refractivity contribution in [2.45, 2.75) is 45.8 Å². The monoisotopic (exact) mass is 356 g/mol. The Morgan fingerprint density at radius 3 is 2.96 bits per heavy atom. The molecule has 1 aliphatic rings. The van der Waals surface area contributed by atoms with Crippen molar-refractivity contribution in [2.24, 2.45) is 0 Å². The van der Waals surface area contributed by atoms with Gasteiger partial charge < -0.3 is 20.1 Å². The quantitative estimate of drug-likeness (QED) is 0.703. The standard InChI is InChI=1S/C18H28N2O3.ClH/c1-3-4-5-9-22-16-11-14(2)6-7-15(16)12-20-18(21)17-13-19-8-10-23-17;/h6-7,11,17,19H,3-5,8-10,12-13H2,1-2H3,(H,20,21);1H. The van der Waals surface area contributed by atoms with Crippen LogP contribution in [0.25, 0.3) is 0 Å². The van der Waals surface area contributed by atoms with Crippen LogP contribution in [0.2, 0.25) is 0 Å². The summed E-state index contributed by atoms with van der Waals surface area (Å²) in [5, 5.41) is 6.11. The van der Waals surface area contributed by atoms with Gasteiger partial charge in [-0.3, -0.25) is 4.79 Å². The lowest BCUT2D eigenvalue weighted by atomic mass is 10.1. The van der Waals surface area contributed by atoms with Gasteiger partial charge in [-0.25, -0.2) is 0 Å². The number of carbonyl (C=O) groups is 1. The number of hydrogen-bond acceptors (Lipinski definition) is 4. The van der Waals surface area contributed by atoms with Crippen LogP contribution in [0, 0.1) is 6.92 Å². The molecular formula is C18H29ClN2O3. The van der Waals surface area contributed by atoms with Crippen LogP contribution in [0.1, 0.15) is 37.3 Å². The molecule has 136 valence electrons. The fraction of sp³-hybridized carbons (Fsp3) is 0.611. The van der Waals surface area contributed by atoms with Gasteiger partial charge in [-0.2, -0.15) is 0 Å². The number of morpholine rings is 1. The first-order chi connectivity index (χ1) is 11.2. The molecule has 24 heavy (non-hydrogen) atoms. The van der Waals surface area contributed by atoms with E-state index in [-0.39, 0.29) is 18.3 Å². The van der Waals surface area contributed by atoms with Gasteiger partial charge in [0.2, 0.25) is 0 Å². The Hall–Kier alpha value is -1.30. The summed E-state index contributed by atoms with van der Waals surface area (Å²) in [4.78, 5) is 12.1. The Balaban J connectivity index is 0.00000288. The number of halogens is 1. The lowest BCUT2D eigenvalue weighted by molar-refractivity contribution is -0.134. The summed E-state index contributed by atoms with van der Waals surface area (Å²) >= 11 is 0. The molecule has 1 aliphatic heterocycles. The van der Waals surface area contributed by atoms with Crippen LogP contribution in [0.3, 0.4) is 0 Å². The van der Waals surface area contributed by atoms with Crippen molar-refractivity contribution in [1.29, 1.82) is 0 Å². The molecular weight excluding hydrogens is 328 g/mol. The average Bonchev–Trinajstić information content (AvgIpc) is 2.58. The van der Waals surface area contributed by atoms with E-state index in [1.165, 1.54) is 12.8 Å². The Labute approximate surface area is 150 Å². The van der Waals surface area contributed by atoms with E-state index < -0.39 is 6.10 Å². The van der Waals surface area contributed by atoms with E-state index in [0.29, 0.717) is 26.3 Å². The summed E-state index contributed by atoms with van der Waals surface area (Å²) < 4.78 is 11.4. The van der Waals surface area contributed by atoms with E-state index in [1.807, 2.05) is 25.1 Å². The number of benzene rings is 1. The highest BCUT2D eigenvalue weighted by Gasteiger charge is 2.21. The molecule has 0 saturated carbocycles. The van der Waals surface area contributed by atoms with Crippen molar-refractivity contribution >= 4 is 18.3 Å². The predicted molar refractivity (Wildman–Crippen MR) is 97.9 cm³/mol. The first-order valence-corrected chi connectivity index (χ1v) is 8.53. The minimum Gasteiger partial charge on any atom is -0.493 e. The van der Waals surface area contributed by atoms with Gasteiger partial charge in [0.25, 0.3) is 5.91 Å². The van der Waals surface area contributed by atoms with Gasteiger partial charge in [-0.1, -0.05) is 31.9 Å². The number of ether oxygens (including phenoxy) is 2. The fourth-order valence-corrected chi connectivity index (χ4v) is 2.51. The van der Waals surface area contributed by atoms with E-state index in [9.17, 15) is 4.79 Å². The zero-order valence-corrected chi connectivity index (χ0v) is 15.4. The van der Waals surface area contributed by atoms with E-state index in [2.05, 4.69) is 17.6 Å². The van der Waals surface area contributed by atoms with Gasteiger partial charge in [-0.15, -0.1) is 12.4 Å². The molecule has 0 radical (unpaired) electrons. The molecule has 1 aromatic carbocycles. The Bertz CT molecular complexity index is 505. The zero-order chi connectivity index (χ0) is 16.5. The molecule has 1 fully saturated rings. The van der Waals surface area contributed by atoms with E-state index in [0.717, 1.165) is 29.8 Å². The first kappa shape index (κ1) is 20.7. The van der Waals surface area contributed by atoms with E-state index in [1.54, 1.807) is 0 Å². The van der Waals surface area contributed by atoms with Crippen LogP contribution in [0.15, 0.2) is 18.2 Å². The summed E-state index contributed by atoms with van der Waals surface area (Å²) in [6, 6.07) is 6.09. The smallest absolute Gasteiger partial charge is 0.250 e. The second-order valence-corrected chi connectivity index (χ2v) is 5.95. The molecule has 6 heteroatoms. The highest BCUT2D eigenvalue weighted by atomic mass is 35.5. The topological polar surface area (TPSA) is 59.6 Å². The van der Waals surface area contributed by atoms with Crippen LogP contribution >= 0.6 is 12.4 Å². The van der Waals surface area contributed by atoms with Crippen LogP contribution in [-0.2, 0) is 16.1 Å². The molecule has 1 amide bonds. The second-order valence-electron chi connectivity index (χ2n) is 5.95. The highest BCUT2D eigenvalue weighted by molar-refractivity contribution is 5.85. The number of rotatable bonds is 8. The molecule has 1 saturated heterocycles. The highest BCUT2D eigenvalue weighted by Crippen LogP contribution is 2.21. The lowest BCUT2D eigenvalue weighted by Crippen LogP contribution is -2.47. The van der Waals surface area contributed by atoms with Gasteiger partial charge in [0.15, 0.2) is 0 Å². The Morgan fingerprint density at radius 1 is 1.42 bits per heavy atom. The van der Waals surface area contributed by atoms with Gasteiger partial charge in [0.05, 0.1) is 13.2 Å². The lowest BCUT2D eigenvalue weighted by Gasteiger charge is -2.23. The largest absolute Gasteiger partial charge is 0.493 e. The maximum atomic E-state index is 12.1. The van der Waals surface area contributed by atoms with Gasteiger partial charge in [0, 0.05) is 25.2 Å². The molecule has 2 N–H and O–H groups in total. The van der Waals surface area contributed by atoms with Crippen molar-refractivity contribution in [2.75, 3.05) is 26.3 Å². The third-order valence-electron chi connectivity index (χ3n) is 3.90. The van der Waals surface area contributed by atoms with Gasteiger partial charge >= 0.3 is 0 Å². The van der Waals surface area contributed by atoms with Crippen LogP contribution in [0.4, 0.5) is 0 Å². The molecule has 5 nitrogen and oxygen atoms in total. The van der Waals surface area contributed by atoms with Crippen LogP contribution in [-0.4, -0.2) is 38.3 Å². The minimum absolute atomic E-state index is 0. The number of nitrogens with one attached hydrogen (secondary N) is 2. The van der Waals surface area contributed by atoms with Crippen molar-refractivity contribution < 1.29 is 14.3 Å². The SMILES string of the molecule is CCCCCOc1cc(C)ccc1CNC(=O)C1CNCCO1.Cl. The number of carbonyl (C=O) groups excluding carboxylic acids is 1. The van der Waals surface area contributed by atoms with Crippen LogP contribution in [0.5, 0.6) is 5.75 Å². The van der Waals surface area contributed by atoms with Crippen molar-refractivity contribution in [3.63, 3.8) is 0 Å². The Kier molecular flexibility index (Phi) is 9.76. The molecule has 1 heterocycles. The molecule has 1 aromatic rings. The summed E-state index contributed by atoms with van der Waals surface area (Å²) in [6.45, 7) is 7.35. The first-order valence-electron chi connectivity index (χ1n) is 8.53. The van der Waals surface area contributed by atoms with Gasteiger partial charge in [0.1, 0.15) is 11.9 Å². The number of aryl methyl sites for hydroxylation is 1. The molecule has 0 bridgehead atoms. The Morgan fingerprint density at radius 2 is 2.25 bits per heavy atom. The second kappa shape index (κ2) is 11.3. The summed E-state index contributed by atoms with van der Waals surface area (Å²) in [6.07, 6.45) is 3.00. The van der Waals surface area contributed by atoms with Crippen LogP contribution < -0.4 is 15.4 Å². The maximum absolute atomic E-state index is 12.1. The predicted octanol–water partition coefficient (Wildman–Crippen LogP) is 2.59. The molecule has 0 spiro atoms. The molecule has 2 rings (SSSR count). The third kappa shape index (κ3) is 6.67. The maximum Gasteiger partial charge on any atom is 0.250 e. The van der Waals surface area contributed by atoms with E-state index in [4.69, 9.17) is 9.47 Å². The number of hydrogen-bond donors (Lipinski definition) is 2. The normalized spacial score (nSPS) is 17.0. The molecule has 1 unspecified atom stereocenters. The molecule has 0 aliphatic carbocycles. The zero-order valence-electron chi connectivity index (χ0n) is 14.6. The number of unbranched alkanes of at least 4 members (excludes halogenated alkanes) is 2. The molecule has 1 atom stereocenters. The summed E-state index contributed by atoms with van der Waals surface area (Å²) in [7, 11) is 0. The third-order valence-corrected chi connectivity index (χ3v) is 3.90. The summed E-state index contributed by atoms with van der Waals surface area (Å²) in [5.41, 5.74) is 2.16.